The van der Waals surface area contributed by atoms with Gasteiger partial charge in [-0.15, -0.1) is 0 Å². The van der Waals surface area contributed by atoms with E-state index in [0.29, 0.717) is 11.4 Å². The van der Waals surface area contributed by atoms with Gasteiger partial charge >= 0.3 is 12.1 Å². The van der Waals surface area contributed by atoms with Gasteiger partial charge in [-0.2, -0.15) is 0 Å². The number of rotatable bonds is 4. The second-order valence-electron chi connectivity index (χ2n) is 6.36. The van der Waals surface area contributed by atoms with E-state index in [1.165, 1.54) is 0 Å². The van der Waals surface area contributed by atoms with Crippen molar-refractivity contribution in [1.82, 2.24) is 5.32 Å². The second-order valence-corrected chi connectivity index (χ2v) is 6.36. The minimum atomic E-state index is -1.32. The van der Waals surface area contributed by atoms with Crippen LogP contribution in [-0.4, -0.2) is 40.8 Å². The number of carboxylic acid groups (broad SMARTS) is 1. The molecule has 0 saturated heterocycles. The molecule has 0 unspecified atom stereocenters. The summed E-state index contributed by atoms with van der Waals surface area (Å²) in [6.07, 6.45) is -2.13. The molecule has 8 heteroatoms. The Morgan fingerprint density at radius 3 is 2.67 bits per heavy atom. The average molecular weight is 336 g/mol. The fourth-order valence-corrected chi connectivity index (χ4v) is 2.13. The van der Waals surface area contributed by atoms with Crippen LogP contribution in [-0.2, 0) is 14.3 Å². The zero-order valence-electron chi connectivity index (χ0n) is 13.7. The molecule has 2 amide bonds. The Balaban J connectivity index is 2.04. The van der Waals surface area contributed by atoms with Gasteiger partial charge in [0, 0.05) is 6.42 Å². The Kier molecular flexibility index (Phi) is 4.96. The number of anilines is 1. The van der Waals surface area contributed by atoms with Gasteiger partial charge in [-0.25, -0.2) is 9.59 Å². The van der Waals surface area contributed by atoms with Crippen LogP contribution in [0.2, 0.25) is 0 Å². The van der Waals surface area contributed by atoms with Crippen molar-refractivity contribution in [2.24, 2.45) is 0 Å². The topological polar surface area (TPSA) is 114 Å². The summed E-state index contributed by atoms with van der Waals surface area (Å²) in [4.78, 5) is 35.2. The number of amides is 2. The second kappa shape index (κ2) is 6.77. The number of fused-ring (bicyclic) bond motifs is 1. The summed E-state index contributed by atoms with van der Waals surface area (Å²) in [5, 5.41) is 14.2. The SMILES string of the molecule is CC(C)(C)OC(=O)N[C@@H](C[C@@H]1Oc2ccccc2NC1=O)C(=O)O. The van der Waals surface area contributed by atoms with Crippen LogP contribution < -0.4 is 15.4 Å². The van der Waals surface area contributed by atoms with Crippen LogP contribution in [0.25, 0.3) is 0 Å². The van der Waals surface area contributed by atoms with Gasteiger partial charge in [-0.1, -0.05) is 12.1 Å². The van der Waals surface area contributed by atoms with Crippen molar-refractivity contribution >= 4 is 23.7 Å². The zero-order valence-corrected chi connectivity index (χ0v) is 13.7. The normalized spacial score (nSPS) is 17.8. The number of hydrogen-bond donors (Lipinski definition) is 3. The Morgan fingerprint density at radius 1 is 1.38 bits per heavy atom. The predicted octanol–water partition coefficient (Wildman–Crippen LogP) is 1.75. The molecule has 1 aliphatic rings. The number of ether oxygens (including phenoxy) is 2. The van der Waals surface area contributed by atoms with Crippen LogP contribution in [0, 0.1) is 0 Å². The number of nitrogens with one attached hydrogen (secondary N) is 2. The summed E-state index contributed by atoms with van der Waals surface area (Å²) in [5.41, 5.74) is -0.240. The molecule has 8 nitrogen and oxygen atoms in total. The molecule has 0 saturated carbocycles. The van der Waals surface area contributed by atoms with Gasteiger partial charge in [-0.05, 0) is 32.9 Å². The number of alkyl carbamates (subject to hydrolysis) is 1. The van der Waals surface area contributed by atoms with Crippen molar-refractivity contribution in [1.29, 1.82) is 0 Å². The number of benzene rings is 1. The first-order chi connectivity index (χ1) is 11.2. The molecular formula is C16H20N2O6. The van der Waals surface area contributed by atoms with E-state index in [4.69, 9.17) is 9.47 Å². The summed E-state index contributed by atoms with van der Waals surface area (Å²) in [6.45, 7) is 4.99. The van der Waals surface area contributed by atoms with E-state index in [9.17, 15) is 19.5 Å². The largest absolute Gasteiger partial charge is 0.480 e. The maximum atomic E-state index is 12.1. The highest BCUT2D eigenvalue weighted by Crippen LogP contribution is 2.29. The fourth-order valence-electron chi connectivity index (χ4n) is 2.13. The number of aliphatic carboxylic acids is 1. The van der Waals surface area contributed by atoms with E-state index < -0.39 is 35.7 Å². The molecule has 1 aromatic carbocycles. The van der Waals surface area contributed by atoms with Crippen molar-refractivity contribution in [3.8, 4) is 5.75 Å². The molecule has 2 atom stereocenters. The maximum Gasteiger partial charge on any atom is 0.408 e. The molecule has 0 spiro atoms. The highest BCUT2D eigenvalue weighted by Gasteiger charge is 2.34. The molecule has 0 aromatic heterocycles. The lowest BCUT2D eigenvalue weighted by Gasteiger charge is -2.28. The molecule has 1 aromatic rings. The summed E-state index contributed by atoms with van der Waals surface area (Å²) < 4.78 is 10.6. The maximum absolute atomic E-state index is 12.1. The van der Waals surface area contributed by atoms with Gasteiger partial charge in [0.05, 0.1) is 5.69 Å². The minimum Gasteiger partial charge on any atom is -0.480 e. The van der Waals surface area contributed by atoms with E-state index in [1.54, 1.807) is 45.0 Å². The third-order valence-electron chi connectivity index (χ3n) is 3.15. The van der Waals surface area contributed by atoms with Gasteiger partial charge in [0.1, 0.15) is 17.4 Å². The first-order valence-electron chi connectivity index (χ1n) is 7.44. The quantitative estimate of drug-likeness (QED) is 0.772. The first-order valence-corrected chi connectivity index (χ1v) is 7.44. The van der Waals surface area contributed by atoms with Crippen LogP contribution in [0.1, 0.15) is 27.2 Å². The highest BCUT2D eigenvalue weighted by molar-refractivity contribution is 5.98. The number of carboxylic acids is 1. The van der Waals surface area contributed by atoms with E-state index in [2.05, 4.69) is 10.6 Å². The molecule has 0 radical (unpaired) electrons. The van der Waals surface area contributed by atoms with Gasteiger partial charge in [0.25, 0.3) is 5.91 Å². The zero-order chi connectivity index (χ0) is 17.9. The van der Waals surface area contributed by atoms with Crippen molar-refractivity contribution in [3.05, 3.63) is 24.3 Å². The van der Waals surface area contributed by atoms with Crippen LogP contribution in [0.3, 0.4) is 0 Å². The average Bonchev–Trinajstić information content (AvgIpc) is 2.45. The molecule has 1 heterocycles. The monoisotopic (exact) mass is 336 g/mol. The lowest BCUT2D eigenvalue weighted by molar-refractivity contribution is -0.140. The van der Waals surface area contributed by atoms with E-state index in [1.807, 2.05) is 0 Å². The standard InChI is InChI=1S/C16H20N2O6/c1-16(2,3)24-15(22)18-10(14(20)21)8-12-13(19)17-9-6-4-5-7-11(9)23-12/h4-7,10,12H,8H2,1-3H3,(H,17,19)(H,18,22)(H,20,21)/t10-,12-/m0/s1. The molecule has 24 heavy (non-hydrogen) atoms. The summed E-state index contributed by atoms with van der Waals surface area (Å²) in [7, 11) is 0. The van der Waals surface area contributed by atoms with Gasteiger partial charge in [-0.3, -0.25) is 4.79 Å². The Morgan fingerprint density at radius 2 is 2.04 bits per heavy atom. The molecule has 130 valence electrons. The molecule has 3 N–H and O–H groups in total. The third-order valence-corrected chi connectivity index (χ3v) is 3.15. The summed E-state index contributed by atoms with van der Waals surface area (Å²) >= 11 is 0. The summed E-state index contributed by atoms with van der Waals surface area (Å²) in [6, 6.07) is 5.50. The Labute approximate surface area is 139 Å². The minimum absolute atomic E-state index is 0.227. The number of para-hydroxylation sites is 2. The first kappa shape index (κ1) is 17.6. The lowest BCUT2D eigenvalue weighted by atomic mass is 10.1. The highest BCUT2D eigenvalue weighted by atomic mass is 16.6. The molecule has 0 fully saturated rings. The van der Waals surface area contributed by atoms with Crippen LogP contribution in [0.5, 0.6) is 5.75 Å². The molecule has 2 rings (SSSR count). The van der Waals surface area contributed by atoms with Gasteiger partial charge in [0.15, 0.2) is 6.10 Å². The van der Waals surface area contributed by atoms with Crippen LogP contribution >= 0.6 is 0 Å². The third kappa shape index (κ3) is 4.61. The van der Waals surface area contributed by atoms with Crippen molar-refractivity contribution < 1.29 is 29.0 Å². The van der Waals surface area contributed by atoms with Crippen molar-refractivity contribution in [3.63, 3.8) is 0 Å². The lowest BCUT2D eigenvalue weighted by Crippen LogP contribution is -2.48. The van der Waals surface area contributed by atoms with E-state index in [-0.39, 0.29) is 6.42 Å². The van der Waals surface area contributed by atoms with Crippen molar-refractivity contribution in [2.75, 3.05) is 5.32 Å². The molecule has 1 aliphatic heterocycles. The van der Waals surface area contributed by atoms with E-state index >= 15 is 0 Å². The van der Waals surface area contributed by atoms with Crippen LogP contribution in [0.15, 0.2) is 24.3 Å². The fraction of sp³-hybridized carbons (Fsp3) is 0.438. The van der Waals surface area contributed by atoms with Crippen molar-refractivity contribution in [2.45, 2.75) is 44.9 Å². The van der Waals surface area contributed by atoms with Gasteiger partial charge in [0.2, 0.25) is 0 Å². The smallest absolute Gasteiger partial charge is 0.408 e. The predicted molar refractivity (Wildman–Crippen MR) is 84.9 cm³/mol. The van der Waals surface area contributed by atoms with Crippen LogP contribution in [0.4, 0.5) is 10.5 Å². The van der Waals surface area contributed by atoms with E-state index in [0.717, 1.165) is 0 Å². The Bertz CT molecular complexity index is 652. The van der Waals surface area contributed by atoms with Gasteiger partial charge < -0.3 is 25.2 Å². The molecule has 0 bridgehead atoms. The number of carbonyl (C=O) groups is 3. The molecule has 0 aliphatic carbocycles. The molecular weight excluding hydrogens is 316 g/mol. The Hall–Kier alpha value is -2.77. The number of hydrogen-bond acceptors (Lipinski definition) is 5. The summed E-state index contributed by atoms with van der Waals surface area (Å²) in [5.74, 6) is -1.30. The number of carbonyl (C=O) groups excluding carboxylic acids is 2.